The Labute approximate surface area is 126 Å². The Kier molecular flexibility index (Phi) is 4.87. The van der Waals surface area contributed by atoms with Gasteiger partial charge in [0.15, 0.2) is 0 Å². The van der Waals surface area contributed by atoms with E-state index in [4.69, 9.17) is 5.11 Å². The van der Waals surface area contributed by atoms with Crippen LogP contribution in [0.1, 0.15) is 13.8 Å². The van der Waals surface area contributed by atoms with Crippen molar-refractivity contribution in [2.45, 2.75) is 20.2 Å². The van der Waals surface area contributed by atoms with Crippen LogP contribution in [0.2, 0.25) is 0 Å². The number of aliphatic carboxylic acids is 1. The lowest BCUT2D eigenvalue weighted by Gasteiger charge is -2.19. The third-order valence-electron chi connectivity index (χ3n) is 2.52. The van der Waals surface area contributed by atoms with Crippen LogP contribution in [-0.4, -0.2) is 23.3 Å². The quantitative estimate of drug-likeness (QED) is 0.797. The average Bonchev–Trinajstić information content (AvgIpc) is 2.30. The van der Waals surface area contributed by atoms with E-state index in [-0.39, 0.29) is 10.2 Å². The largest absolute Gasteiger partial charge is 0.573 e. The molecule has 0 spiro atoms. The van der Waals surface area contributed by atoms with Crippen molar-refractivity contribution < 1.29 is 32.6 Å². The molecule has 5 nitrogen and oxygen atoms in total. The minimum Gasteiger partial charge on any atom is -0.480 e. The molecule has 0 heterocycles. The Morgan fingerprint density at radius 3 is 2.29 bits per heavy atom. The van der Waals surface area contributed by atoms with Crippen LogP contribution in [0.4, 0.5) is 18.9 Å². The van der Waals surface area contributed by atoms with Gasteiger partial charge in [0.25, 0.3) is 0 Å². The lowest BCUT2D eigenvalue weighted by Crippen LogP contribution is -2.37. The van der Waals surface area contributed by atoms with Crippen LogP contribution in [0.5, 0.6) is 5.75 Å². The predicted molar refractivity (Wildman–Crippen MR) is 70.9 cm³/mol. The fourth-order valence-electron chi connectivity index (χ4n) is 1.17. The molecule has 0 bridgehead atoms. The van der Waals surface area contributed by atoms with E-state index < -0.39 is 29.4 Å². The van der Waals surface area contributed by atoms with E-state index in [0.717, 1.165) is 6.07 Å². The van der Waals surface area contributed by atoms with Gasteiger partial charge in [-0.3, -0.25) is 9.59 Å². The molecule has 21 heavy (non-hydrogen) atoms. The smallest absolute Gasteiger partial charge is 0.480 e. The molecule has 0 atom stereocenters. The highest BCUT2D eigenvalue weighted by atomic mass is 79.9. The summed E-state index contributed by atoms with van der Waals surface area (Å²) >= 11 is 2.88. The van der Waals surface area contributed by atoms with E-state index in [1.165, 1.54) is 26.0 Å². The van der Waals surface area contributed by atoms with Crippen molar-refractivity contribution in [3.63, 3.8) is 0 Å². The number of carbonyl (C=O) groups is 2. The lowest BCUT2D eigenvalue weighted by molar-refractivity contribution is -0.274. The van der Waals surface area contributed by atoms with Crippen molar-refractivity contribution in [1.29, 1.82) is 0 Å². The number of hydrogen-bond acceptors (Lipinski definition) is 3. The molecule has 0 aliphatic rings. The summed E-state index contributed by atoms with van der Waals surface area (Å²) in [5.41, 5.74) is -1.54. The van der Waals surface area contributed by atoms with Crippen molar-refractivity contribution in [3.05, 3.63) is 22.7 Å². The van der Waals surface area contributed by atoms with Gasteiger partial charge in [0.05, 0.1) is 4.47 Å². The van der Waals surface area contributed by atoms with E-state index in [2.05, 4.69) is 26.0 Å². The second kappa shape index (κ2) is 5.92. The third-order valence-corrected chi connectivity index (χ3v) is 3.14. The summed E-state index contributed by atoms with van der Waals surface area (Å²) in [5, 5.41) is 11.2. The number of amides is 1. The summed E-state index contributed by atoms with van der Waals surface area (Å²) in [6.07, 6.45) is -4.83. The van der Waals surface area contributed by atoms with Gasteiger partial charge in [-0.1, -0.05) is 0 Å². The zero-order chi connectivity index (χ0) is 16.4. The number of carboxylic acid groups (broad SMARTS) is 1. The molecule has 0 unspecified atom stereocenters. The normalized spacial score (nSPS) is 11.9. The fraction of sp³-hybridized carbons (Fsp3) is 0.333. The van der Waals surface area contributed by atoms with Crippen LogP contribution in [-0.2, 0) is 9.59 Å². The van der Waals surface area contributed by atoms with Crippen molar-refractivity contribution in [1.82, 2.24) is 0 Å². The Morgan fingerprint density at radius 2 is 1.86 bits per heavy atom. The first kappa shape index (κ1) is 17.3. The molecule has 1 aromatic rings. The Morgan fingerprint density at radius 1 is 1.29 bits per heavy atom. The molecule has 0 aromatic heterocycles. The summed E-state index contributed by atoms with van der Waals surface area (Å²) in [5.74, 6) is -2.60. The molecule has 0 radical (unpaired) electrons. The van der Waals surface area contributed by atoms with Crippen LogP contribution in [0.25, 0.3) is 0 Å². The van der Waals surface area contributed by atoms with Gasteiger partial charge in [-0.2, -0.15) is 0 Å². The number of ether oxygens (including phenoxy) is 1. The fourth-order valence-corrected chi connectivity index (χ4v) is 1.63. The van der Waals surface area contributed by atoms with Crippen LogP contribution < -0.4 is 10.1 Å². The highest BCUT2D eigenvalue weighted by molar-refractivity contribution is 9.10. The molecule has 9 heteroatoms. The maximum absolute atomic E-state index is 12.1. The Balaban J connectivity index is 2.91. The number of nitrogens with one attached hydrogen (secondary N) is 1. The zero-order valence-corrected chi connectivity index (χ0v) is 12.5. The molecule has 1 rings (SSSR count). The number of carbonyl (C=O) groups excluding carboxylic acids is 1. The number of anilines is 1. The summed E-state index contributed by atoms with van der Waals surface area (Å²) in [4.78, 5) is 22.7. The van der Waals surface area contributed by atoms with Gasteiger partial charge >= 0.3 is 12.3 Å². The monoisotopic (exact) mass is 369 g/mol. The molecule has 2 N–H and O–H groups in total. The molecule has 116 valence electrons. The maximum atomic E-state index is 12.1. The van der Waals surface area contributed by atoms with Gasteiger partial charge in [0.1, 0.15) is 11.2 Å². The number of rotatable bonds is 4. The van der Waals surface area contributed by atoms with Crippen molar-refractivity contribution >= 4 is 33.5 Å². The number of halogens is 4. The van der Waals surface area contributed by atoms with E-state index in [9.17, 15) is 22.8 Å². The number of alkyl halides is 3. The number of benzene rings is 1. The Bertz CT molecular complexity index is 572. The molecular formula is C12H11BrF3NO4. The van der Waals surface area contributed by atoms with Gasteiger partial charge < -0.3 is 15.2 Å². The molecule has 0 aliphatic heterocycles. The zero-order valence-electron chi connectivity index (χ0n) is 10.9. The van der Waals surface area contributed by atoms with Gasteiger partial charge in [0.2, 0.25) is 5.91 Å². The van der Waals surface area contributed by atoms with Gasteiger partial charge in [-0.15, -0.1) is 13.2 Å². The summed E-state index contributed by atoms with van der Waals surface area (Å²) < 4.78 is 40.0. The number of carboxylic acids is 1. The van der Waals surface area contributed by atoms with Crippen LogP contribution in [0, 0.1) is 5.41 Å². The average molecular weight is 370 g/mol. The van der Waals surface area contributed by atoms with Crippen molar-refractivity contribution in [2.24, 2.45) is 5.41 Å². The molecule has 1 amide bonds. The highest BCUT2D eigenvalue weighted by Crippen LogP contribution is 2.32. The highest BCUT2D eigenvalue weighted by Gasteiger charge is 2.36. The minimum absolute atomic E-state index is 0.0363. The number of hydrogen-bond donors (Lipinski definition) is 2. The summed E-state index contributed by atoms with van der Waals surface area (Å²) in [6.45, 7) is 2.42. The topological polar surface area (TPSA) is 75.6 Å². The third kappa shape index (κ3) is 4.62. The standard InChI is InChI=1S/C12H11BrF3NO4/c1-11(2,10(19)20)9(18)17-6-3-4-8(7(13)5-6)21-12(14,15)16/h3-5H,1-2H3,(H,17,18)(H,19,20). The van der Waals surface area contributed by atoms with E-state index in [1.54, 1.807) is 0 Å². The molecule has 1 aromatic carbocycles. The second-order valence-corrected chi connectivity index (χ2v) is 5.43. The minimum atomic E-state index is -4.83. The van der Waals surface area contributed by atoms with Crippen LogP contribution in [0.15, 0.2) is 22.7 Å². The first-order valence-electron chi connectivity index (χ1n) is 5.53. The van der Waals surface area contributed by atoms with Gasteiger partial charge in [-0.05, 0) is 48.0 Å². The van der Waals surface area contributed by atoms with E-state index >= 15 is 0 Å². The van der Waals surface area contributed by atoms with Crippen molar-refractivity contribution in [3.8, 4) is 5.75 Å². The lowest BCUT2D eigenvalue weighted by atomic mass is 9.92. The predicted octanol–water partition coefficient (Wildman–Crippen LogP) is 3.40. The second-order valence-electron chi connectivity index (χ2n) is 4.58. The molecule has 0 saturated carbocycles. The van der Waals surface area contributed by atoms with E-state index in [0.29, 0.717) is 0 Å². The van der Waals surface area contributed by atoms with E-state index in [1.807, 2.05) is 0 Å². The first-order valence-corrected chi connectivity index (χ1v) is 6.33. The molecule has 0 fully saturated rings. The maximum Gasteiger partial charge on any atom is 0.573 e. The first-order chi connectivity index (χ1) is 9.43. The van der Waals surface area contributed by atoms with Crippen molar-refractivity contribution in [2.75, 3.05) is 5.32 Å². The SMILES string of the molecule is CC(C)(C(=O)O)C(=O)Nc1ccc(OC(F)(F)F)c(Br)c1. The summed E-state index contributed by atoms with van der Waals surface area (Å²) in [7, 11) is 0. The molecule has 0 aliphatic carbocycles. The molecule has 0 saturated heterocycles. The van der Waals surface area contributed by atoms with Gasteiger partial charge in [0, 0.05) is 5.69 Å². The summed E-state index contributed by atoms with van der Waals surface area (Å²) in [6, 6.07) is 3.35. The van der Waals surface area contributed by atoms with Gasteiger partial charge in [-0.25, -0.2) is 0 Å². The van der Waals surface area contributed by atoms with Crippen LogP contribution in [0.3, 0.4) is 0 Å². The van der Waals surface area contributed by atoms with Crippen LogP contribution >= 0.6 is 15.9 Å². The Hall–Kier alpha value is -1.77. The molecular weight excluding hydrogens is 359 g/mol.